The number of rotatable bonds is 5. The van der Waals surface area contributed by atoms with Gasteiger partial charge in [-0.3, -0.25) is 0 Å². The van der Waals surface area contributed by atoms with Crippen molar-refractivity contribution in [2.45, 2.75) is 32.7 Å². The number of aryl methyl sites for hydroxylation is 2. The monoisotopic (exact) mass is 238 g/mol. The molecular weight excluding hydrogens is 220 g/mol. The van der Waals surface area contributed by atoms with E-state index in [9.17, 15) is 0 Å². The Morgan fingerprint density at radius 1 is 1.06 bits per heavy atom. The van der Waals surface area contributed by atoms with Gasteiger partial charge in [-0.05, 0) is 37.0 Å². The Balaban J connectivity index is 2.10. The van der Waals surface area contributed by atoms with Gasteiger partial charge in [0.1, 0.15) is 11.8 Å². The second kappa shape index (κ2) is 6.07. The van der Waals surface area contributed by atoms with Crippen LogP contribution in [0.4, 0.5) is 0 Å². The van der Waals surface area contributed by atoms with Gasteiger partial charge < -0.3 is 4.57 Å². The molecule has 1 aromatic carbocycles. The molecule has 0 radical (unpaired) electrons. The molecule has 1 heterocycles. The molecule has 0 aliphatic rings. The highest BCUT2D eigenvalue weighted by Gasteiger charge is 2.06. The van der Waals surface area contributed by atoms with E-state index in [4.69, 9.17) is 5.26 Å². The fourth-order valence-corrected chi connectivity index (χ4v) is 2.23. The van der Waals surface area contributed by atoms with Crippen LogP contribution in [0.3, 0.4) is 0 Å². The lowest BCUT2D eigenvalue weighted by molar-refractivity contribution is 0.639. The minimum absolute atomic E-state index is 0.778. The van der Waals surface area contributed by atoms with Crippen molar-refractivity contribution in [3.63, 3.8) is 0 Å². The molecule has 0 spiro atoms. The van der Waals surface area contributed by atoms with E-state index in [1.165, 1.54) is 11.3 Å². The molecule has 2 nitrogen and oxygen atoms in total. The second-order valence-corrected chi connectivity index (χ2v) is 4.46. The molecule has 0 saturated carbocycles. The minimum atomic E-state index is 0.778. The van der Waals surface area contributed by atoms with Gasteiger partial charge in [0.2, 0.25) is 0 Å². The molecular formula is C16H18N2. The van der Waals surface area contributed by atoms with E-state index in [0.717, 1.165) is 31.5 Å². The molecule has 2 aromatic rings. The summed E-state index contributed by atoms with van der Waals surface area (Å²) in [5.74, 6) is 0. The normalized spacial score (nSPS) is 10.2. The number of benzene rings is 1. The van der Waals surface area contributed by atoms with E-state index in [0.29, 0.717) is 0 Å². The third-order valence-corrected chi connectivity index (χ3v) is 3.15. The molecule has 1 aromatic heterocycles. The molecule has 2 heteroatoms. The van der Waals surface area contributed by atoms with E-state index < -0.39 is 0 Å². The van der Waals surface area contributed by atoms with Gasteiger partial charge in [0.25, 0.3) is 0 Å². The van der Waals surface area contributed by atoms with Crippen LogP contribution in [0.1, 0.15) is 30.3 Å². The largest absolute Gasteiger partial charge is 0.337 e. The summed E-state index contributed by atoms with van der Waals surface area (Å²) in [6.07, 6.45) is 3.08. The van der Waals surface area contributed by atoms with Gasteiger partial charge in [-0.15, -0.1) is 0 Å². The van der Waals surface area contributed by atoms with Crippen molar-refractivity contribution < 1.29 is 0 Å². The summed E-state index contributed by atoms with van der Waals surface area (Å²) in [6, 6.07) is 16.8. The van der Waals surface area contributed by atoms with Crippen LogP contribution in [0.25, 0.3) is 0 Å². The van der Waals surface area contributed by atoms with Gasteiger partial charge in [0, 0.05) is 12.2 Å². The Bertz CT molecular complexity index is 532. The fourth-order valence-electron chi connectivity index (χ4n) is 2.23. The zero-order valence-electron chi connectivity index (χ0n) is 10.8. The Labute approximate surface area is 108 Å². The second-order valence-electron chi connectivity index (χ2n) is 4.46. The first kappa shape index (κ1) is 12.4. The van der Waals surface area contributed by atoms with Gasteiger partial charge in [0.05, 0.1) is 0 Å². The topological polar surface area (TPSA) is 28.7 Å². The highest BCUT2D eigenvalue weighted by Crippen LogP contribution is 2.13. The maximum absolute atomic E-state index is 9.07. The van der Waals surface area contributed by atoms with E-state index in [-0.39, 0.29) is 0 Å². The number of hydrogen-bond acceptors (Lipinski definition) is 1. The number of aromatic nitrogens is 1. The van der Waals surface area contributed by atoms with Gasteiger partial charge >= 0.3 is 0 Å². The molecule has 2 rings (SSSR count). The highest BCUT2D eigenvalue weighted by molar-refractivity contribution is 5.28. The molecule has 0 saturated heterocycles. The average Bonchev–Trinajstić information content (AvgIpc) is 2.80. The fraction of sp³-hybridized carbons (Fsp3) is 0.312. The van der Waals surface area contributed by atoms with Crippen LogP contribution in [-0.2, 0) is 19.4 Å². The smallest absolute Gasteiger partial charge is 0.120 e. The van der Waals surface area contributed by atoms with Gasteiger partial charge in [0.15, 0.2) is 0 Å². The lowest BCUT2D eigenvalue weighted by atomic mass is 10.1. The molecule has 0 bridgehead atoms. The molecule has 0 N–H and O–H groups in total. The molecule has 92 valence electrons. The van der Waals surface area contributed by atoms with Crippen LogP contribution in [0.5, 0.6) is 0 Å². The predicted octanol–water partition coefficient (Wildman–Crippen LogP) is 3.55. The minimum Gasteiger partial charge on any atom is -0.337 e. The lowest BCUT2D eigenvalue weighted by Gasteiger charge is -2.09. The van der Waals surface area contributed by atoms with E-state index in [2.05, 4.69) is 47.9 Å². The van der Waals surface area contributed by atoms with Crippen molar-refractivity contribution in [2.75, 3.05) is 0 Å². The third-order valence-electron chi connectivity index (χ3n) is 3.15. The first-order valence-corrected chi connectivity index (χ1v) is 6.47. The van der Waals surface area contributed by atoms with Crippen LogP contribution in [0.15, 0.2) is 42.5 Å². The van der Waals surface area contributed by atoms with Crippen LogP contribution >= 0.6 is 0 Å². The zero-order chi connectivity index (χ0) is 12.8. The molecule has 0 aliphatic carbocycles. The van der Waals surface area contributed by atoms with Crippen molar-refractivity contribution in [3.8, 4) is 6.07 Å². The number of hydrogen-bond donors (Lipinski definition) is 0. The van der Waals surface area contributed by atoms with Crippen molar-refractivity contribution in [1.82, 2.24) is 4.57 Å². The lowest BCUT2D eigenvalue weighted by Crippen LogP contribution is -2.06. The van der Waals surface area contributed by atoms with E-state index in [1.54, 1.807) is 0 Å². The molecule has 0 fully saturated rings. The average molecular weight is 238 g/mol. The van der Waals surface area contributed by atoms with Gasteiger partial charge in [-0.1, -0.05) is 37.3 Å². The van der Waals surface area contributed by atoms with Crippen molar-refractivity contribution in [3.05, 3.63) is 59.4 Å². The maximum atomic E-state index is 9.07. The predicted molar refractivity (Wildman–Crippen MR) is 73.3 cm³/mol. The van der Waals surface area contributed by atoms with Crippen LogP contribution in [0, 0.1) is 11.3 Å². The van der Waals surface area contributed by atoms with Crippen LogP contribution < -0.4 is 0 Å². The molecule has 0 atom stereocenters. The summed E-state index contributed by atoms with van der Waals surface area (Å²) >= 11 is 0. The number of nitriles is 1. The van der Waals surface area contributed by atoms with Crippen LogP contribution in [-0.4, -0.2) is 4.57 Å². The molecule has 18 heavy (non-hydrogen) atoms. The standard InChI is InChI=1S/C16H18N2/c1-2-12-18-15(10-11-16(18)13-17)9-8-14-6-4-3-5-7-14/h3-7,10-11H,2,8-9,12H2,1H3. The summed E-state index contributed by atoms with van der Waals surface area (Å²) in [6.45, 7) is 3.07. The van der Waals surface area contributed by atoms with E-state index in [1.807, 2.05) is 12.1 Å². The first-order chi connectivity index (χ1) is 8.85. The summed E-state index contributed by atoms with van der Waals surface area (Å²) in [4.78, 5) is 0. The van der Waals surface area contributed by atoms with Gasteiger partial charge in [-0.25, -0.2) is 0 Å². The molecule has 0 unspecified atom stereocenters. The SMILES string of the molecule is CCCn1c(C#N)ccc1CCc1ccccc1. The van der Waals surface area contributed by atoms with Crippen molar-refractivity contribution in [1.29, 1.82) is 5.26 Å². The van der Waals surface area contributed by atoms with Crippen molar-refractivity contribution in [2.24, 2.45) is 0 Å². The Morgan fingerprint density at radius 2 is 1.83 bits per heavy atom. The Hall–Kier alpha value is -2.01. The van der Waals surface area contributed by atoms with Crippen LogP contribution in [0.2, 0.25) is 0 Å². The first-order valence-electron chi connectivity index (χ1n) is 6.47. The summed E-state index contributed by atoms with van der Waals surface area (Å²) in [7, 11) is 0. The molecule has 0 amide bonds. The van der Waals surface area contributed by atoms with Gasteiger partial charge in [-0.2, -0.15) is 5.26 Å². The highest BCUT2D eigenvalue weighted by atomic mass is 15.0. The zero-order valence-corrected chi connectivity index (χ0v) is 10.8. The maximum Gasteiger partial charge on any atom is 0.120 e. The Morgan fingerprint density at radius 3 is 2.50 bits per heavy atom. The Kier molecular flexibility index (Phi) is 4.20. The van der Waals surface area contributed by atoms with Crippen molar-refractivity contribution >= 4 is 0 Å². The summed E-state index contributed by atoms with van der Waals surface area (Å²) in [5.41, 5.74) is 3.39. The summed E-state index contributed by atoms with van der Waals surface area (Å²) in [5, 5.41) is 9.07. The third kappa shape index (κ3) is 2.81. The summed E-state index contributed by atoms with van der Waals surface area (Å²) < 4.78 is 2.14. The quantitative estimate of drug-likeness (QED) is 0.783. The van der Waals surface area contributed by atoms with E-state index >= 15 is 0 Å². The number of nitrogens with zero attached hydrogens (tertiary/aromatic N) is 2. The molecule has 0 aliphatic heterocycles.